The van der Waals surface area contributed by atoms with Crippen LogP contribution in [0.2, 0.25) is 0 Å². The summed E-state index contributed by atoms with van der Waals surface area (Å²) >= 11 is 0. The lowest BCUT2D eigenvalue weighted by atomic mass is 9.75. The number of carbonyl (C=O) groups excluding carboxylic acids is 2. The van der Waals surface area contributed by atoms with Crippen LogP contribution in [0.4, 0.5) is 0 Å². The maximum Gasteiger partial charge on any atom is 0.305 e. The lowest BCUT2D eigenvalue weighted by Gasteiger charge is -2.28. The Balaban J connectivity index is 1.79. The van der Waals surface area contributed by atoms with Crippen molar-refractivity contribution in [2.45, 2.75) is 33.6 Å². The topological polar surface area (TPSA) is 113 Å². The van der Waals surface area contributed by atoms with Crippen LogP contribution < -0.4 is 15.6 Å². The van der Waals surface area contributed by atoms with E-state index in [9.17, 15) is 14.8 Å². The Kier molecular flexibility index (Phi) is 5.13. The number of oxime groups is 1. The Hall–Kier alpha value is -3.29. The Morgan fingerprint density at radius 3 is 2.54 bits per heavy atom. The predicted octanol–water partition coefficient (Wildman–Crippen LogP) is 2.82. The van der Waals surface area contributed by atoms with E-state index in [1.807, 2.05) is 13.8 Å². The molecule has 0 saturated heterocycles. The molecular weight excluding hydrogens is 362 g/mol. The summed E-state index contributed by atoms with van der Waals surface area (Å²) in [5.41, 5.74) is 6.58. The number of hydrazine groups is 1. The van der Waals surface area contributed by atoms with Crippen LogP contribution in [-0.2, 0) is 6.42 Å². The highest BCUT2D eigenvalue weighted by Gasteiger charge is 2.36. The maximum atomic E-state index is 12.6. The minimum Gasteiger partial charge on any atom is -0.496 e. The molecule has 2 amide bonds. The van der Waals surface area contributed by atoms with E-state index in [2.05, 4.69) is 16.0 Å². The van der Waals surface area contributed by atoms with Gasteiger partial charge in [-0.15, -0.1) is 0 Å². The number of hydrogen-bond acceptors (Lipinski definition) is 6. The molecule has 3 N–H and O–H groups in total. The minimum absolute atomic E-state index is 0.0733. The molecule has 1 aliphatic rings. The van der Waals surface area contributed by atoms with Crippen LogP contribution in [0.1, 0.15) is 58.1 Å². The van der Waals surface area contributed by atoms with Gasteiger partial charge in [0.2, 0.25) is 0 Å². The number of furan rings is 1. The summed E-state index contributed by atoms with van der Waals surface area (Å²) in [7, 11) is 1.46. The second-order valence-corrected chi connectivity index (χ2v) is 7.53. The molecule has 1 aromatic carbocycles. The SMILES string of the molecule is COc1ccccc1C(=O)NNC(=O)c1oc2c(c1C)/C(=N\O)CC(C)(C)C2. The lowest BCUT2D eigenvalue weighted by molar-refractivity contribution is 0.0827. The highest BCUT2D eigenvalue weighted by Crippen LogP contribution is 2.38. The van der Waals surface area contributed by atoms with Gasteiger partial charge in [0.15, 0.2) is 5.76 Å². The first kappa shape index (κ1) is 19.5. The number of rotatable bonds is 3. The van der Waals surface area contributed by atoms with Crippen molar-refractivity contribution >= 4 is 17.5 Å². The molecule has 28 heavy (non-hydrogen) atoms. The van der Waals surface area contributed by atoms with Gasteiger partial charge in [-0.25, -0.2) is 0 Å². The van der Waals surface area contributed by atoms with Gasteiger partial charge < -0.3 is 14.4 Å². The average Bonchev–Trinajstić information content (AvgIpc) is 3.00. The smallest absolute Gasteiger partial charge is 0.305 e. The summed E-state index contributed by atoms with van der Waals surface area (Å²) in [4.78, 5) is 24.9. The Morgan fingerprint density at radius 2 is 1.86 bits per heavy atom. The van der Waals surface area contributed by atoms with Gasteiger partial charge in [0.05, 0.1) is 18.4 Å². The van der Waals surface area contributed by atoms with E-state index < -0.39 is 11.8 Å². The number of para-hydroxylation sites is 1. The zero-order valence-electron chi connectivity index (χ0n) is 16.3. The number of methoxy groups -OCH3 is 1. The summed E-state index contributed by atoms with van der Waals surface area (Å²) < 4.78 is 10.9. The van der Waals surface area contributed by atoms with Crippen molar-refractivity contribution in [1.29, 1.82) is 0 Å². The summed E-state index contributed by atoms with van der Waals surface area (Å²) in [5, 5.41) is 12.8. The molecule has 8 heteroatoms. The quantitative estimate of drug-likeness (QED) is 0.555. The third kappa shape index (κ3) is 3.58. The van der Waals surface area contributed by atoms with Crippen LogP contribution in [-0.4, -0.2) is 29.8 Å². The highest BCUT2D eigenvalue weighted by molar-refractivity contribution is 6.07. The molecule has 0 saturated carbocycles. The molecular formula is C20H23N3O5. The fraction of sp³-hybridized carbons (Fsp3) is 0.350. The van der Waals surface area contributed by atoms with Crippen LogP contribution in [0.3, 0.4) is 0 Å². The molecule has 1 aromatic heterocycles. The van der Waals surface area contributed by atoms with Crippen LogP contribution in [0.5, 0.6) is 5.75 Å². The molecule has 2 aromatic rings. The fourth-order valence-corrected chi connectivity index (χ4v) is 3.49. The number of amides is 2. The zero-order valence-corrected chi connectivity index (χ0v) is 16.3. The van der Waals surface area contributed by atoms with Gasteiger partial charge in [0, 0.05) is 17.5 Å². The van der Waals surface area contributed by atoms with Gasteiger partial charge in [0.25, 0.3) is 5.91 Å². The van der Waals surface area contributed by atoms with E-state index in [0.717, 1.165) is 0 Å². The fourth-order valence-electron chi connectivity index (χ4n) is 3.49. The van der Waals surface area contributed by atoms with Crippen LogP contribution in [0.25, 0.3) is 0 Å². The minimum atomic E-state index is -0.592. The molecule has 1 heterocycles. The summed E-state index contributed by atoms with van der Waals surface area (Å²) in [6.07, 6.45) is 1.19. The lowest BCUT2D eigenvalue weighted by Crippen LogP contribution is -2.41. The number of nitrogens with zero attached hydrogens (tertiary/aromatic N) is 1. The first-order valence-corrected chi connectivity index (χ1v) is 8.84. The number of benzene rings is 1. The number of fused-ring (bicyclic) bond motifs is 1. The van der Waals surface area contributed by atoms with Gasteiger partial charge in [0.1, 0.15) is 11.5 Å². The third-order valence-corrected chi connectivity index (χ3v) is 4.76. The molecule has 0 unspecified atom stereocenters. The van der Waals surface area contributed by atoms with Gasteiger partial charge in [-0.2, -0.15) is 0 Å². The molecule has 1 aliphatic carbocycles. The summed E-state index contributed by atoms with van der Waals surface area (Å²) in [5.74, 6) is -0.0411. The third-order valence-electron chi connectivity index (χ3n) is 4.76. The average molecular weight is 385 g/mol. The molecule has 0 radical (unpaired) electrons. The second kappa shape index (κ2) is 7.38. The van der Waals surface area contributed by atoms with Crippen molar-refractivity contribution in [2.24, 2.45) is 10.6 Å². The van der Waals surface area contributed by atoms with Crippen LogP contribution in [0.15, 0.2) is 33.8 Å². The van der Waals surface area contributed by atoms with Gasteiger partial charge in [-0.3, -0.25) is 20.4 Å². The van der Waals surface area contributed by atoms with Gasteiger partial charge in [-0.1, -0.05) is 31.1 Å². The summed E-state index contributed by atoms with van der Waals surface area (Å²) in [6, 6.07) is 6.68. The summed E-state index contributed by atoms with van der Waals surface area (Å²) in [6.45, 7) is 5.79. The van der Waals surface area contributed by atoms with Crippen molar-refractivity contribution < 1.29 is 24.0 Å². The van der Waals surface area contributed by atoms with Crippen LogP contribution >= 0.6 is 0 Å². The van der Waals surface area contributed by atoms with E-state index in [-0.39, 0.29) is 16.7 Å². The van der Waals surface area contributed by atoms with Crippen molar-refractivity contribution in [1.82, 2.24) is 10.9 Å². The highest BCUT2D eigenvalue weighted by atomic mass is 16.5. The zero-order chi connectivity index (χ0) is 20.5. The van der Waals surface area contributed by atoms with E-state index >= 15 is 0 Å². The number of nitrogens with one attached hydrogen (secondary N) is 2. The van der Waals surface area contributed by atoms with E-state index in [0.29, 0.717) is 41.2 Å². The first-order chi connectivity index (χ1) is 13.3. The maximum absolute atomic E-state index is 12.6. The molecule has 148 valence electrons. The number of carbonyl (C=O) groups is 2. The molecule has 0 fully saturated rings. The predicted molar refractivity (Wildman–Crippen MR) is 102 cm³/mol. The number of ether oxygens (including phenoxy) is 1. The number of hydrogen-bond donors (Lipinski definition) is 3. The van der Waals surface area contributed by atoms with Gasteiger partial charge in [-0.05, 0) is 30.9 Å². The van der Waals surface area contributed by atoms with Gasteiger partial charge >= 0.3 is 5.91 Å². The van der Waals surface area contributed by atoms with E-state index in [1.54, 1.807) is 31.2 Å². The molecule has 0 atom stereocenters. The molecule has 0 aliphatic heterocycles. The standard InChI is InChI=1S/C20H23N3O5/c1-11-16-13(23-26)9-20(2,3)10-15(16)28-17(11)19(25)22-21-18(24)12-7-5-6-8-14(12)27-4/h5-8,26H,9-10H2,1-4H3,(H,21,24)(H,22,25)/b23-13-. The van der Waals surface area contributed by atoms with E-state index in [4.69, 9.17) is 9.15 Å². The van der Waals surface area contributed by atoms with Crippen molar-refractivity contribution in [3.63, 3.8) is 0 Å². The van der Waals surface area contributed by atoms with Crippen molar-refractivity contribution in [2.75, 3.05) is 7.11 Å². The monoisotopic (exact) mass is 385 g/mol. The van der Waals surface area contributed by atoms with Crippen LogP contribution in [0, 0.1) is 12.3 Å². The first-order valence-electron chi connectivity index (χ1n) is 8.84. The van der Waals surface area contributed by atoms with Crippen molar-refractivity contribution in [3.05, 3.63) is 52.5 Å². The molecule has 0 spiro atoms. The molecule has 8 nitrogen and oxygen atoms in total. The van der Waals surface area contributed by atoms with E-state index in [1.165, 1.54) is 7.11 Å². The Morgan fingerprint density at radius 1 is 1.18 bits per heavy atom. The second-order valence-electron chi connectivity index (χ2n) is 7.53. The van der Waals surface area contributed by atoms with Crippen molar-refractivity contribution in [3.8, 4) is 5.75 Å². The Labute approximate surface area is 162 Å². The normalized spacial score (nSPS) is 16.4. The Bertz CT molecular complexity index is 959. The molecule has 3 rings (SSSR count). The molecule has 0 bridgehead atoms. The largest absolute Gasteiger partial charge is 0.496 e.